The van der Waals surface area contributed by atoms with Crippen LogP contribution in [0.3, 0.4) is 0 Å². The van der Waals surface area contributed by atoms with Gasteiger partial charge in [0.1, 0.15) is 11.9 Å². The number of carbonyl (C=O) groups excluding carboxylic acids is 1. The number of nitrogen functional groups attached to an aromatic ring is 1. The van der Waals surface area contributed by atoms with E-state index in [1.54, 1.807) is 24.3 Å². The molecule has 0 aliphatic rings. The molecule has 1 amide bonds. The van der Waals surface area contributed by atoms with Crippen molar-refractivity contribution < 1.29 is 9.18 Å². The molecular weight excluding hydrogens is 271 g/mol. The average molecular weight is 284 g/mol. The molecule has 5 nitrogen and oxygen atoms in total. The van der Waals surface area contributed by atoms with Gasteiger partial charge in [0.15, 0.2) is 0 Å². The molecule has 0 aliphatic heterocycles. The largest absolute Gasteiger partial charge is 0.323 e. The van der Waals surface area contributed by atoms with Gasteiger partial charge in [-0.3, -0.25) is 10.6 Å². The minimum absolute atomic E-state index is 0.131. The number of amides is 1. The van der Waals surface area contributed by atoms with Gasteiger partial charge >= 0.3 is 0 Å². The van der Waals surface area contributed by atoms with Crippen LogP contribution in [0.1, 0.15) is 21.5 Å². The number of hydrazine groups is 1. The van der Waals surface area contributed by atoms with Crippen LogP contribution in [-0.2, 0) is 0 Å². The maximum atomic E-state index is 13.2. The van der Waals surface area contributed by atoms with E-state index in [0.29, 0.717) is 16.9 Å². The maximum absolute atomic E-state index is 13.2. The second kappa shape index (κ2) is 6.03. The summed E-state index contributed by atoms with van der Waals surface area (Å²) in [6.45, 7) is 1.88. The number of aryl methyl sites for hydroxylation is 1. The molecule has 0 aliphatic carbocycles. The third-order valence-electron chi connectivity index (χ3n) is 2.92. The molecule has 0 spiro atoms. The molecule has 2 aromatic carbocycles. The summed E-state index contributed by atoms with van der Waals surface area (Å²) in [5, 5.41) is 11.4. The molecule has 21 heavy (non-hydrogen) atoms. The third-order valence-corrected chi connectivity index (χ3v) is 2.92. The lowest BCUT2D eigenvalue weighted by Crippen LogP contribution is -2.17. The molecule has 106 valence electrons. The van der Waals surface area contributed by atoms with Crippen LogP contribution in [0.2, 0.25) is 0 Å². The zero-order valence-electron chi connectivity index (χ0n) is 11.3. The lowest BCUT2D eigenvalue weighted by atomic mass is 10.1. The van der Waals surface area contributed by atoms with Crippen LogP contribution in [0.25, 0.3) is 0 Å². The van der Waals surface area contributed by atoms with E-state index < -0.39 is 11.7 Å². The van der Waals surface area contributed by atoms with Gasteiger partial charge in [-0.15, -0.1) is 0 Å². The normalized spacial score (nSPS) is 9.81. The van der Waals surface area contributed by atoms with Gasteiger partial charge in [-0.1, -0.05) is 6.07 Å². The van der Waals surface area contributed by atoms with Crippen molar-refractivity contribution in [3.8, 4) is 6.07 Å². The van der Waals surface area contributed by atoms with Crippen molar-refractivity contribution in [3.05, 3.63) is 58.9 Å². The minimum atomic E-state index is -0.629. The van der Waals surface area contributed by atoms with E-state index in [1.165, 1.54) is 12.1 Å². The Kier molecular flexibility index (Phi) is 4.16. The predicted octanol–water partition coefficient (Wildman–Crippen LogP) is 2.54. The first-order chi connectivity index (χ1) is 10.0. The number of hydrogen-bond acceptors (Lipinski definition) is 4. The number of nitrogens with one attached hydrogen (secondary N) is 2. The quantitative estimate of drug-likeness (QED) is 0.596. The van der Waals surface area contributed by atoms with Crippen molar-refractivity contribution in [3.63, 3.8) is 0 Å². The minimum Gasteiger partial charge on any atom is -0.323 e. The summed E-state index contributed by atoms with van der Waals surface area (Å²) in [5.74, 6) is 4.36. The molecule has 4 N–H and O–H groups in total. The molecular formula is C15H13FN4O. The molecule has 0 aromatic heterocycles. The molecule has 0 fully saturated rings. The number of nitriles is 1. The smallest absolute Gasteiger partial charge is 0.257 e. The highest BCUT2D eigenvalue weighted by Crippen LogP contribution is 2.19. The Morgan fingerprint density at radius 3 is 2.71 bits per heavy atom. The van der Waals surface area contributed by atoms with E-state index in [1.807, 2.05) is 6.92 Å². The van der Waals surface area contributed by atoms with Gasteiger partial charge in [0.05, 0.1) is 16.8 Å². The maximum Gasteiger partial charge on any atom is 0.257 e. The lowest BCUT2D eigenvalue weighted by molar-refractivity contribution is 0.102. The Morgan fingerprint density at radius 2 is 2.05 bits per heavy atom. The number of benzene rings is 2. The van der Waals surface area contributed by atoms with Crippen LogP contribution in [0.15, 0.2) is 36.4 Å². The van der Waals surface area contributed by atoms with Crippen LogP contribution in [0.4, 0.5) is 15.8 Å². The molecule has 0 unspecified atom stereocenters. The summed E-state index contributed by atoms with van der Waals surface area (Å²) in [7, 11) is 0. The SMILES string of the molecule is Cc1ccc(C(=O)Nc2ccc(F)c(C#N)c2)c(NN)c1. The fraction of sp³-hybridized carbons (Fsp3) is 0.0667. The number of nitrogens with zero attached hydrogens (tertiary/aromatic N) is 1. The zero-order valence-corrected chi connectivity index (χ0v) is 11.3. The Bertz CT molecular complexity index is 737. The Morgan fingerprint density at radius 1 is 1.29 bits per heavy atom. The molecule has 0 saturated carbocycles. The molecule has 2 rings (SSSR count). The van der Waals surface area contributed by atoms with Crippen molar-refractivity contribution in [2.75, 3.05) is 10.7 Å². The number of hydrogen-bond donors (Lipinski definition) is 3. The zero-order chi connectivity index (χ0) is 15.4. The summed E-state index contributed by atoms with van der Waals surface area (Å²) < 4.78 is 13.2. The molecule has 0 bridgehead atoms. The first-order valence-corrected chi connectivity index (χ1v) is 6.13. The molecule has 0 saturated heterocycles. The van der Waals surface area contributed by atoms with E-state index in [2.05, 4.69) is 10.7 Å². The van der Waals surface area contributed by atoms with E-state index in [-0.39, 0.29) is 5.56 Å². The highest BCUT2D eigenvalue weighted by molar-refractivity contribution is 6.08. The second-order valence-electron chi connectivity index (χ2n) is 4.45. The first kappa shape index (κ1) is 14.5. The van der Waals surface area contributed by atoms with Crippen LogP contribution < -0.4 is 16.6 Å². The van der Waals surface area contributed by atoms with Gasteiger partial charge in [-0.2, -0.15) is 5.26 Å². The fourth-order valence-electron chi connectivity index (χ4n) is 1.86. The number of nitrogens with two attached hydrogens (primary N) is 1. The second-order valence-corrected chi connectivity index (χ2v) is 4.45. The van der Waals surface area contributed by atoms with Crippen LogP contribution in [0, 0.1) is 24.1 Å². The fourth-order valence-corrected chi connectivity index (χ4v) is 1.86. The van der Waals surface area contributed by atoms with Gasteiger partial charge in [0.25, 0.3) is 5.91 Å². The van der Waals surface area contributed by atoms with E-state index in [4.69, 9.17) is 11.1 Å². The summed E-state index contributed by atoms with van der Waals surface area (Å²) in [6.07, 6.45) is 0. The van der Waals surface area contributed by atoms with Gasteiger partial charge in [0.2, 0.25) is 0 Å². The van der Waals surface area contributed by atoms with E-state index >= 15 is 0 Å². The Hall–Kier alpha value is -2.91. The summed E-state index contributed by atoms with van der Waals surface area (Å²) in [4.78, 5) is 12.2. The van der Waals surface area contributed by atoms with Crippen molar-refractivity contribution in [2.24, 2.45) is 5.84 Å². The first-order valence-electron chi connectivity index (χ1n) is 6.13. The lowest BCUT2D eigenvalue weighted by Gasteiger charge is -2.11. The summed E-state index contributed by atoms with van der Waals surface area (Å²) >= 11 is 0. The van der Waals surface area contributed by atoms with Gasteiger partial charge < -0.3 is 10.7 Å². The molecule has 0 heterocycles. The van der Waals surface area contributed by atoms with Crippen molar-refractivity contribution in [1.82, 2.24) is 0 Å². The Labute approximate surface area is 121 Å². The highest BCUT2D eigenvalue weighted by atomic mass is 19.1. The monoisotopic (exact) mass is 284 g/mol. The number of anilines is 2. The van der Waals surface area contributed by atoms with Crippen LogP contribution in [-0.4, -0.2) is 5.91 Å². The van der Waals surface area contributed by atoms with E-state index in [0.717, 1.165) is 11.6 Å². The summed E-state index contributed by atoms with van der Waals surface area (Å²) in [6, 6.07) is 10.7. The van der Waals surface area contributed by atoms with Crippen molar-refractivity contribution in [1.29, 1.82) is 5.26 Å². The molecule has 0 radical (unpaired) electrons. The van der Waals surface area contributed by atoms with Crippen molar-refractivity contribution in [2.45, 2.75) is 6.92 Å². The molecule has 6 heteroatoms. The molecule has 2 aromatic rings. The number of halogens is 1. The standard InChI is InChI=1S/C15H13FN4O/c1-9-2-4-12(14(6-9)20-18)15(21)19-11-3-5-13(16)10(7-11)8-17/h2-7,20H,18H2,1H3,(H,19,21). The third kappa shape index (κ3) is 3.16. The van der Waals surface area contributed by atoms with Crippen molar-refractivity contribution >= 4 is 17.3 Å². The topological polar surface area (TPSA) is 90.9 Å². The summed E-state index contributed by atoms with van der Waals surface area (Å²) in [5.41, 5.74) is 4.45. The van der Waals surface area contributed by atoms with E-state index in [9.17, 15) is 9.18 Å². The highest BCUT2D eigenvalue weighted by Gasteiger charge is 2.12. The van der Waals surface area contributed by atoms with Gasteiger partial charge in [-0.05, 0) is 42.8 Å². The molecule has 0 atom stereocenters. The van der Waals surface area contributed by atoms with Gasteiger partial charge in [0, 0.05) is 5.69 Å². The predicted molar refractivity (Wildman–Crippen MR) is 78.1 cm³/mol. The number of carbonyl (C=O) groups is 1. The van der Waals surface area contributed by atoms with Gasteiger partial charge in [-0.25, -0.2) is 4.39 Å². The van der Waals surface area contributed by atoms with Crippen LogP contribution >= 0.6 is 0 Å². The number of rotatable bonds is 3. The average Bonchev–Trinajstić information content (AvgIpc) is 2.48. The Balaban J connectivity index is 2.28. The van der Waals surface area contributed by atoms with Crippen LogP contribution in [0.5, 0.6) is 0 Å².